The van der Waals surface area contributed by atoms with Crippen LogP contribution >= 0.6 is 0 Å². The molecule has 0 N–H and O–H groups in total. The molecule has 0 heterocycles. The summed E-state index contributed by atoms with van der Waals surface area (Å²) in [5.41, 5.74) is 0. The van der Waals surface area contributed by atoms with Crippen molar-refractivity contribution in [3.63, 3.8) is 0 Å². The van der Waals surface area contributed by atoms with Crippen molar-refractivity contribution in [1.29, 1.82) is 0 Å². The van der Waals surface area contributed by atoms with Crippen LogP contribution in [-0.2, 0) is 0 Å². The fourth-order valence-corrected chi connectivity index (χ4v) is 7.18. The Morgan fingerprint density at radius 1 is 0.722 bits per heavy atom. The predicted molar refractivity (Wildman–Crippen MR) is 77.1 cm³/mol. The third kappa shape index (κ3) is 2.12. The first-order valence-corrected chi connectivity index (χ1v) is 8.90. The van der Waals surface area contributed by atoms with Crippen molar-refractivity contribution in [3.05, 3.63) is 70.3 Å². The van der Waals surface area contributed by atoms with Crippen LogP contribution in [0, 0.1) is 0 Å². The first-order valence-electron chi connectivity index (χ1n) is 6.40. The Morgan fingerprint density at radius 3 is 1.28 bits per heavy atom. The first-order chi connectivity index (χ1) is 8.32. The maximum Gasteiger partial charge on any atom is 1.00 e. The molecule has 0 saturated carbocycles. The van der Waals surface area contributed by atoms with E-state index in [1.807, 2.05) is 0 Å². The normalized spacial score (nSPS) is 20.8. The van der Waals surface area contributed by atoms with Crippen molar-refractivity contribution < 1.29 is 18.9 Å². The molecule has 3 aliphatic rings. The van der Waals surface area contributed by atoms with E-state index in [2.05, 4.69) is 61.2 Å². The fraction of sp³-hybridized carbons (Fsp3) is 0.250. The monoisotopic (exact) mass is 245 g/mol. The molecule has 3 rings (SSSR count). The maximum absolute atomic E-state index is 2.53. The van der Waals surface area contributed by atoms with Gasteiger partial charge >= 0.3 is 18.9 Å². The van der Waals surface area contributed by atoms with Crippen LogP contribution in [0.1, 0.15) is 19.3 Å². The Labute approximate surface area is 123 Å². The first kappa shape index (κ1) is 13.7. The Kier molecular flexibility index (Phi) is 4.17. The van der Waals surface area contributed by atoms with Crippen LogP contribution in [0.3, 0.4) is 0 Å². The number of allylic oxidation sites excluding steroid dienone is 12. The topological polar surface area (TPSA) is 0 Å². The molecule has 0 nitrogen and oxygen atoms in total. The maximum atomic E-state index is 2.53. The summed E-state index contributed by atoms with van der Waals surface area (Å²) < 4.78 is 0. The van der Waals surface area contributed by atoms with E-state index in [-0.39, 0.29) is 18.9 Å². The van der Waals surface area contributed by atoms with E-state index in [4.69, 9.17) is 0 Å². The zero-order valence-corrected chi connectivity index (χ0v) is 12.3. The van der Waals surface area contributed by atoms with E-state index in [1.165, 1.54) is 0 Å². The quantitative estimate of drug-likeness (QED) is 0.658. The standard InChI is InChI=1S/C16H18Si.Li/c1-17(14-8-2-3-9-14,15-10-4-5-11-15)16-12-6-7-13-16;/h2-8,10,12H,9,11,13H2,1H3;/q;+1. The molecule has 0 amide bonds. The SMILES string of the molecule is C[Si](C1=CC=CC1)(C1=CC=CC1)C1=CC=CC1.[Li+]. The van der Waals surface area contributed by atoms with Gasteiger partial charge in [-0.25, -0.2) is 0 Å². The number of hydrogen-bond acceptors (Lipinski definition) is 0. The molecule has 18 heavy (non-hydrogen) atoms. The molecule has 0 atom stereocenters. The van der Waals surface area contributed by atoms with Crippen LogP contribution in [0.25, 0.3) is 0 Å². The molecule has 2 heteroatoms. The molecule has 86 valence electrons. The Balaban J connectivity index is 0.00000120. The van der Waals surface area contributed by atoms with Gasteiger partial charge in [0.05, 0.1) is 0 Å². The summed E-state index contributed by atoms with van der Waals surface area (Å²) in [5, 5.41) is 5.05. The molecule has 0 aromatic rings. The van der Waals surface area contributed by atoms with Gasteiger partial charge in [0, 0.05) is 0 Å². The van der Waals surface area contributed by atoms with E-state index in [9.17, 15) is 0 Å². The van der Waals surface area contributed by atoms with Crippen LogP contribution in [0.2, 0.25) is 6.55 Å². The molecule has 0 radical (unpaired) electrons. The van der Waals surface area contributed by atoms with Crippen molar-refractivity contribution in [1.82, 2.24) is 0 Å². The van der Waals surface area contributed by atoms with Gasteiger partial charge in [-0.3, -0.25) is 0 Å². The summed E-state index contributed by atoms with van der Waals surface area (Å²) in [6.07, 6.45) is 24.2. The van der Waals surface area contributed by atoms with Gasteiger partial charge in [0.2, 0.25) is 0 Å². The summed E-state index contributed by atoms with van der Waals surface area (Å²) >= 11 is 0. The third-order valence-corrected chi connectivity index (χ3v) is 9.21. The summed E-state index contributed by atoms with van der Waals surface area (Å²) in [6, 6.07) is 0. The van der Waals surface area contributed by atoms with Crippen molar-refractivity contribution in [3.8, 4) is 0 Å². The zero-order chi connectivity index (χ0) is 11.7. The zero-order valence-electron chi connectivity index (χ0n) is 11.3. The Hall–Kier alpha value is -0.746. The molecule has 0 fully saturated rings. The van der Waals surface area contributed by atoms with Crippen LogP contribution in [0.15, 0.2) is 70.3 Å². The van der Waals surface area contributed by atoms with Gasteiger partial charge in [-0.05, 0) is 19.3 Å². The van der Waals surface area contributed by atoms with E-state index < -0.39 is 8.07 Å². The van der Waals surface area contributed by atoms with Crippen LogP contribution in [0.4, 0.5) is 0 Å². The average molecular weight is 245 g/mol. The van der Waals surface area contributed by atoms with Gasteiger partial charge in [-0.2, -0.15) is 0 Å². The minimum atomic E-state index is -1.55. The molecule has 0 spiro atoms. The molecule has 0 aromatic carbocycles. The van der Waals surface area contributed by atoms with Gasteiger partial charge in [-0.15, -0.1) is 0 Å². The van der Waals surface area contributed by atoms with E-state index in [1.54, 1.807) is 15.6 Å². The number of rotatable bonds is 3. The molecular formula is C16H18LiSi+. The molecule has 0 unspecified atom stereocenters. The second kappa shape index (κ2) is 5.49. The largest absolute Gasteiger partial charge is 1.00 e. The van der Waals surface area contributed by atoms with Crippen LogP contribution in [-0.4, -0.2) is 8.07 Å². The molecule has 0 bridgehead atoms. The minimum absolute atomic E-state index is 0. The van der Waals surface area contributed by atoms with Crippen LogP contribution in [0.5, 0.6) is 0 Å². The van der Waals surface area contributed by atoms with Gasteiger partial charge in [-0.1, -0.05) is 76.8 Å². The van der Waals surface area contributed by atoms with Crippen LogP contribution < -0.4 is 18.9 Å². The Bertz CT molecular complexity index is 441. The third-order valence-electron chi connectivity index (χ3n) is 4.24. The predicted octanol–water partition coefficient (Wildman–Crippen LogP) is 1.35. The molecule has 0 saturated heterocycles. The van der Waals surface area contributed by atoms with E-state index >= 15 is 0 Å². The summed E-state index contributed by atoms with van der Waals surface area (Å²) in [5.74, 6) is 0. The van der Waals surface area contributed by atoms with Crippen molar-refractivity contribution in [2.75, 3.05) is 0 Å². The molecule has 0 aromatic heterocycles. The fourth-order valence-electron chi connectivity index (χ4n) is 3.07. The number of hydrogen-bond donors (Lipinski definition) is 0. The Morgan fingerprint density at radius 2 is 1.06 bits per heavy atom. The van der Waals surface area contributed by atoms with E-state index in [0.29, 0.717) is 0 Å². The smallest absolute Gasteiger partial charge is 0.0808 e. The second-order valence-corrected chi connectivity index (χ2v) is 9.27. The van der Waals surface area contributed by atoms with Gasteiger partial charge in [0.1, 0.15) is 8.07 Å². The van der Waals surface area contributed by atoms with Gasteiger partial charge < -0.3 is 0 Å². The summed E-state index contributed by atoms with van der Waals surface area (Å²) in [6.45, 7) is 2.53. The van der Waals surface area contributed by atoms with Crippen molar-refractivity contribution in [2.45, 2.75) is 25.8 Å². The van der Waals surface area contributed by atoms with Gasteiger partial charge in [0.15, 0.2) is 0 Å². The van der Waals surface area contributed by atoms with Crippen molar-refractivity contribution >= 4 is 8.07 Å². The van der Waals surface area contributed by atoms with Crippen molar-refractivity contribution in [2.24, 2.45) is 0 Å². The summed E-state index contributed by atoms with van der Waals surface area (Å²) in [4.78, 5) is 0. The average Bonchev–Trinajstić information content (AvgIpc) is 3.10. The van der Waals surface area contributed by atoms with E-state index in [0.717, 1.165) is 19.3 Å². The summed E-state index contributed by atoms with van der Waals surface area (Å²) in [7, 11) is -1.55. The molecule has 0 aliphatic heterocycles. The molecule has 3 aliphatic carbocycles. The molecular weight excluding hydrogens is 227 g/mol. The second-order valence-electron chi connectivity index (χ2n) is 5.10. The minimum Gasteiger partial charge on any atom is -0.0808 e. The van der Waals surface area contributed by atoms with Gasteiger partial charge in [0.25, 0.3) is 0 Å².